The lowest BCUT2D eigenvalue weighted by Gasteiger charge is -2.31. The summed E-state index contributed by atoms with van der Waals surface area (Å²) in [6.45, 7) is 8.87. The monoisotopic (exact) mass is 515 g/mol. The number of carbonyl (C=O) groups excluding carboxylic acids is 1. The number of rotatable bonds is 4. The molecule has 1 aliphatic rings. The van der Waals surface area contributed by atoms with Crippen LogP contribution in [-0.2, 0) is 6.54 Å². The predicted molar refractivity (Wildman–Crippen MR) is 156 cm³/mol. The number of hydrogen-bond donors (Lipinski definition) is 1. The van der Waals surface area contributed by atoms with Gasteiger partial charge in [-0.15, -0.1) is 0 Å². The molecule has 6 heteroatoms. The lowest BCUT2D eigenvalue weighted by atomic mass is 9.97. The molecule has 0 aliphatic carbocycles. The summed E-state index contributed by atoms with van der Waals surface area (Å²) in [4.78, 5) is 16.0. The standard InChI is InChI=1S/C33H33N5O/c1-22(2)25-15-17-26(18-16-25)31-30-14-9-19-36(30)32-29(24(4)35-38(32)28-12-6-5-7-13-28)21-37(31)33(39)34-27-11-8-10-23(3)20-27/h5-20,22,31H,21H2,1-4H3,(H,34,39). The molecule has 0 saturated heterocycles. The van der Waals surface area contributed by atoms with Crippen molar-refractivity contribution in [2.45, 2.75) is 46.2 Å². The summed E-state index contributed by atoms with van der Waals surface area (Å²) in [5.74, 6) is 1.40. The van der Waals surface area contributed by atoms with E-state index in [4.69, 9.17) is 5.10 Å². The van der Waals surface area contributed by atoms with Gasteiger partial charge in [0.2, 0.25) is 0 Å². The Morgan fingerprint density at radius 1 is 0.923 bits per heavy atom. The summed E-state index contributed by atoms with van der Waals surface area (Å²) in [6, 6.07) is 30.5. The van der Waals surface area contributed by atoms with Crippen LogP contribution in [0.2, 0.25) is 0 Å². The first-order chi connectivity index (χ1) is 18.9. The Hall–Kier alpha value is -4.58. The number of fused-ring (bicyclic) bond motifs is 3. The third-order valence-electron chi connectivity index (χ3n) is 7.54. The molecule has 1 aliphatic heterocycles. The zero-order valence-electron chi connectivity index (χ0n) is 22.8. The maximum absolute atomic E-state index is 14.1. The molecule has 1 unspecified atom stereocenters. The van der Waals surface area contributed by atoms with Gasteiger partial charge in [-0.05, 0) is 72.9 Å². The molecule has 6 rings (SSSR count). The third kappa shape index (κ3) is 4.52. The predicted octanol–water partition coefficient (Wildman–Crippen LogP) is 7.54. The minimum atomic E-state index is -0.290. The average molecular weight is 516 g/mol. The highest BCUT2D eigenvalue weighted by Crippen LogP contribution is 2.39. The largest absolute Gasteiger partial charge is 0.322 e. The molecule has 1 N–H and O–H groups in total. The lowest BCUT2D eigenvalue weighted by Crippen LogP contribution is -2.38. The second-order valence-electron chi connectivity index (χ2n) is 10.6. The second kappa shape index (κ2) is 9.95. The zero-order chi connectivity index (χ0) is 27.1. The third-order valence-corrected chi connectivity index (χ3v) is 7.54. The van der Waals surface area contributed by atoms with Crippen molar-refractivity contribution >= 4 is 11.7 Å². The molecule has 0 saturated carbocycles. The molecule has 1 atom stereocenters. The zero-order valence-corrected chi connectivity index (χ0v) is 22.8. The Morgan fingerprint density at radius 2 is 1.69 bits per heavy atom. The first kappa shape index (κ1) is 24.7. The quantitative estimate of drug-likeness (QED) is 0.269. The number of hydrogen-bond acceptors (Lipinski definition) is 2. The Labute approximate surface area is 229 Å². The summed E-state index contributed by atoms with van der Waals surface area (Å²) in [5, 5.41) is 8.11. The smallest absolute Gasteiger partial charge is 0.308 e. The highest BCUT2D eigenvalue weighted by Gasteiger charge is 2.36. The molecule has 3 heterocycles. The average Bonchev–Trinajstić information content (AvgIpc) is 3.49. The van der Waals surface area contributed by atoms with Crippen LogP contribution in [0, 0.1) is 13.8 Å². The van der Waals surface area contributed by atoms with E-state index in [-0.39, 0.29) is 12.1 Å². The van der Waals surface area contributed by atoms with E-state index >= 15 is 0 Å². The summed E-state index contributed by atoms with van der Waals surface area (Å²) >= 11 is 0. The van der Waals surface area contributed by atoms with Gasteiger partial charge in [-0.3, -0.25) is 0 Å². The van der Waals surface area contributed by atoms with Gasteiger partial charge in [-0.2, -0.15) is 5.10 Å². The van der Waals surface area contributed by atoms with Crippen molar-refractivity contribution in [1.29, 1.82) is 0 Å². The van der Waals surface area contributed by atoms with Crippen molar-refractivity contribution in [2.75, 3.05) is 5.32 Å². The maximum atomic E-state index is 14.1. The van der Waals surface area contributed by atoms with Crippen LogP contribution in [0.25, 0.3) is 11.5 Å². The molecule has 2 amide bonds. The Kier molecular flexibility index (Phi) is 6.31. The van der Waals surface area contributed by atoms with E-state index in [1.165, 1.54) is 5.56 Å². The van der Waals surface area contributed by atoms with Gasteiger partial charge in [0.05, 0.1) is 29.7 Å². The lowest BCUT2D eigenvalue weighted by molar-refractivity contribution is 0.194. The summed E-state index contributed by atoms with van der Waals surface area (Å²) in [7, 11) is 0. The summed E-state index contributed by atoms with van der Waals surface area (Å²) < 4.78 is 4.19. The molecule has 2 aromatic heterocycles. The number of aromatic nitrogens is 3. The summed E-state index contributed by atoms with van der Waals surface area (Å²) in [6.07, 6.45) is 2.08. The van der Waals surface area contributed by atoms with Crippen LogP contribution in [0.4, 0.5) is 10.5 Å². The van der Waals surface area contributed by atoms with Gasteiger partial charge < -0.3 is 14.8 Å². The van der Waals surface area contributed by atoms with Crippen molar-refractivity contribution in [1.82, 2.24) is 19.2 Å². The van der Waals surface area contributed by atoms with E-state index in [1.807, 2.05) is 72.0 Å². The van der Waals surface area contributed by atoms with Gasteiger partial charge in [-0.25, -0.2) is 9.48 Å². The number of urea groups is 1. The maximum Gasteiger partial charge on any atom is 0.322 e. The van der Waals surface area contributed by atoms with E-state index < -0.39 is 0 Å². The van der Waals surface area contributed by atoms with Gasteiger partial charge in [0.1, 0.15) is 5.82 Å². The minimum Gasteiger partial charge on any atom is -0.308 e. The topological polar surface area (TPSA) is 55.1 Å². The van der Waals surface area contributed by atoms with Gasteiger partial charge in [0.15, 0.2) is 0 Å². The van der Waals surface area contributed by atoms with Gasteiger partial charge in [0, 0.05) is 17.4 Å². The van der Waals surface area contributed by atoms with E-state index in [0.29, 0.717) is 12.5 Å². The first-order valence-electron chi connectivity index (χ1n) is 13.5. The number of nitrogens with zero attached hydrogens (tertiary/aromatic N) is 4. The molecule has 0 fully saturated rings. The van der Waals surface area contributed by atoms with Crippen molar-refractivity contribution in [3.05, 3.63) is 131 Å². The molecule has 5 aromatic rings. The first-order valence-corrected chi connectivity index (χ1v) is 13.5. The van der Waals surface area contributed by atoms with Crippen LogP contribution in [0.5, 0.6) is 0 Å². The number of amides is 2. The molecule has 0 spiro atoms. The van der Waals surface area contributed by atoms with Crippen LogP contribution in [0.3, 0.4) is 0 Å². The highest BCUT2D eigenvalue weighted by atomic mass is 16.2. The van der Waals surface area contributed by atoms with Crippen LogP contribution in [0.1, 0.15) is 59.4 Å². The normalized spacial score (nSPS) is 14.6. The van der Waals surface area contributed by atoms with Crippen LogP contribution in [0.15, 0.2) is 97.2 Å². The molecule has 6 nitrogen and oxygen atoms in total. The fraction of sp³-hybridized carbons (Fsp3) is 0.212. The van der Waals surface area contributed by atoms with Crippen molar-refractivity contribution in [2.24, 2.45) is 0 Å². The number of para-hydroxylation sites is 1. The molecule has 196 valence electrons. The summed E-state index contributed by atoms with van der Waals surface area (Å²) in [5.41, 5.74) is 8.15. The Balaban J connectivity index is 1.52. The molecular formula is C33H33N5O. The van der Waals surface area contributed by atoms with Crippen molar-refractivity contribution < 1.29 is 4.79 Å². The molecule has 0 bridgehead atoms. The number of benzene rings is 3. The molecular weight excluding hydrogens is 482 g/mol. The van der Waals surface area contributed by atoms with Gasteiger partial charge in [-0.1, -0.05) is 68.4 Å². The van der Waals surface area contributed by atoms with Crippen molar-refractivity contribution in [3.63, 3.8) is 0 Å². The van der Waals surface area contributed by atoms with Crippen LogP contribution in [-0.4, -0.2) is 25.3 Å². The highest BCUT2D eigenvalue weighted by molar-refractivity contribution is 5.90. The van der Waals surface area contributed by atoms with Crippen LogP contribution >= 0.6 is 0 Å². The second-order valence-corrected chi connectivity index (χ2v) is 10.6. The SMILES string of the molecule is Cc1cccc(NC(=O)N2Cc3c(C)nn(-c4ccccc4)c3-n3cccc3C2c2ccc(C(C)C)cc2)c1. The fourth-order valence-corrected chi connectivity index (χ4v) is 5.48. The Morgan fingerprint density at radius 3 is 2.41 bits per heavy atom. The van der Waals surface area contributed by atoms with E-state index in [0.717, 1.165) is 45.3 Å². The van der Waals surface area contributed by atoms with Crippen molar-refractivity contribution in [3.8, 4) is 11.5 Å². The van der Waals surface area contributed by atoms with E-state index in [9.17, 15) is 4.79 Å². The van der Waals surface area contributed by atoms with Gasteiger partial charge >= 0.3 is 6.03 Å². The minimum absolute atomic E-state index is 0.147. The fourth-order valence-electron chi connectivity index (χ4n) is 5.48. The molecule has 3 aromatic carbocycles. The number of anilines is 1. The number of nitrogens with one attached hydrogen (secondary N) is 1. The molecule has 0 radical (unpaired) electrons. The number of aryl methyl sites for hydroxylation is 2. The number of carbonyl (C=O) groups is 1. The Bertz CT molecular complexity index is 1630. The molecule has 39 heavy (non-hydrogen) atoms. The van der Waals surface area contributed by atoms with E-state index in [2.05, 4.69) is 72.4 Å². The van der Waals surface area contributed by atoms with Crippen LogP contribution < -0.4 is 5.32 Å². The van der Waals surface area contributed by atoms with Gasteiger partial charge in [0.25, 0.3) is 0 Å². The van der Waals surface area contributed by atoms with E-state index in [1.54, 1.807) is 0 Å².